The molecule has 0 saturated carbocycles. The molecule has 1 aromatic heterocycles. The van der Waals surface area contributed by atoms with Gasteiger partial charge in [0.1, 0.15) is 19.3 Å². The van der Waals surface area contributed by atoms with E-state index in [0.717, 1.165) is 17.9 Å². The maximum Gasteiger partial charge on any atom is 0.254 e. The smallest absolute Gasteiger partial charge is 0.254 e. The number of nitrogens with zero attached hydrogens (tertiary/aromatic N) is 2. The van der Waals surface area contributed by atoms with Gasteiger partial charge in [0.2, 0.25) is 0 Å². The molecule has 0 aliphatic heterocycles. The van der Waals surface area contributed by atoms with Crippen LogP contribution in [0.5, 0.6) is 11.5 Å². The number of imidazole rings is 1. The molecular weight excluding hydrogens is 316 g/mol. The first-order valence-electron chi connectivity index (χ1n) is 8.57. The van der Waals surface area contributed by atoms with Crippen molar-refractivity contribution in [2.75, 3.05) is 13.7 Å². The average Bonchev–Trinajstić information content (AvgIpc) is 2.91. The molecule has 1 unspecified atom stereocenters. The topological polar surface area (TPSA) is 47.5 Å². The first-order valence-corrected chi connectivity index (χ1v) is 8.57. The second-order valence-corrected chi connectivity index (χ2v) is 6.01. The van der Waals surface area contributed by atoms with Gasteiger partial charge in [0.05, 0.1) is 13.7 Å². The van der Waals surface area contributed by atoms with Crippen LogP contribution in [0.1, 0.15) is 12.7 Å². The highest BCUT2D eigenvalue weighted by atomic mass is 16.5. The van der Waals surface area contributed by atoms with Gasteiger partial charge >= 0.3 is 0 Å². The fourth-order valence-corrected chi connectivity index (χ4v) is 3.23. The molecule has 132 valence electrons. The lowest BCUT2D eigenvalue weighted by molar-refractivity contribution is -0.685. The Kier molecular flexibility index (Phi) is 5.24. The van der Waals surface area contributed by atoms with Gasteiger partial charge in [0.15, 0.2) is 22.5 Å². The zero-order chi connectivity index (χ0) is 17.8. The predicted molar refractivity (Wildman–Crippen MR) is 97.0 cm³/mol. The SMILES string of the molecule is CCn1c(C)[n+](CC(O)COc2ccccc2OC)c2ccccc21. The van der Waals surface area contributed by atoms with Crippen LogP contribution in [-0.4, -0.2) is 29.5 Å². The maximum absolute atomic E-state index is 10.5. The number of para-hydroxylation sites is 4. The van der Waals surface area contributed by atoms with E-state index in [1.807, 2.05) is 36.4 Å². The van der Waals surface area contributed by atoms with Crippen molar-refractivity contribution in [1.82, 2.24) is 4.57 Å². The van der Waals surface area contributed by atoms with E-state index in [1.54, 1.807) is 7.11 Å². The quantitative estimate of drug-likeness (QED) is 0.672. The maximum atomic E-state index is 10.5. The largest absolute Gasteiger partial charge is 0.493 e. The van der Waals surface area contributed by atoms with Gasteiger partial charge < -0.3 is 14.6 Å². The Morgan fingerprint density at radius 3 is 2.48 bits per heavy atom. The van der Waals surface area contributed by atoms with E-state index in [-0.39, 0.29) is 6.61 Å². The zero-order valence-electron chi connectivity index (χ0n) is 15.0. The van der Waals surface area contributed by atoms with E-state index in [4.69, 9.17) is 9.47 Å². The standard InChI is InChI=1S/C20H25N2O3/c1-4-21-15(2)22(18-10-6-5-9-17(18)21)13-16(23)14-25-20-12-8-7-11-19(20)24-3/h5-12,16,23H,4,13-14H2,1-3H3/q+1. The first kappa shape index (κ1) is 17.3. The van der Waals surface area contributed by atoms with Crippen LogP contribution in [0.25, 0.3) is 11.0 Å². The van der Waals surface area contributed by atoms with Crippen molar-refractivity contribution < 1.29 is 19.1 Å². The number of methoxy groups -OCH3 is 1. The van der Waals surface area contributed by atoms with Gasteiger partial charge in [-0.3, -0.25) is 0 Å². The van der Waals surface area contributed by atoms with Crippen LogP contribution in [0.15, 0.2) is 48.5 Å². The normalized spacial score (nSPS) is 12.3. The summed E-state index contributed by atoms with van der Waals surface area (Å²) in [6.45, 7) is 5.79. The van der Waals surface area contributed by atoms with Crippen LogP contribution in [-0.2, 0) is 13.1 Å². The number of aromatic nitrogens is 2. The minimum absolute atomic E-state index is 0.207. The Morgan fingerprint density at radius 1 is 1.08 bits per heavy atom. The minimum Gasteiger partial charge on any atom is -0.493 e. The molecule has 1 atom stereocenters. The summed E-state index contributed by atoms with van der Waals surface area (Å²) >= 11 is 0. The Morgan fingerprint density at radius 2 is 1.76 bits per heavy atom. The molecule has 3 rings (SSSR count). The molecule has 25 heavy (non-hydrogen) atoms. The molecule has 5 nitrogen and oxygen atoms in total. The number of hydrogen-bond donors (Lipinski definition) is 1. The molecule has 3 aromatic rings. The molecule has 5 heteroatoms. The third-order valence-electron chi connectivity index (χ3n) is 4.45. The molecule has 0 spiro atoms. The highest BCUT2D eigenvalue weighted by Gasteiger charge is 2.22. The Bertz CT molecular complexity index is 857. The Labute approximate surface area is 148 Å². The van der Waals surface area contributed by atoms with Gasteiger partial charge in [-0.15, -0.1) is 0 Å². The van der Waals surface area contributed by atoms with Gasteiger partial charge in [-0.2, -0.15) is 0 Å². The molecular formula is C20H25N2O3+. The number of benzene rings is 2. The lowest BCUT2D eigenvalue weighted by atomic mass is 10.3. The van der Waals surface area contributed by atoms with Crippen molar-refractivity contribution >= 4 is 11.0 Å². The molecule has 2 aromatic carbocycles. The number of rotatable bonds is 7. The molecule has 0 fully saturated rings. The second-order valence-electron chi connectivity index (χ2n) is 6.01. The van der Waals surface area contributed by atoms with E-state index in [1.165, 1.54) is 5.52 Å². The molecule has 1 heterocycles. The molecule has 0 bridgehead atoms. The van der Waals surface area contributed by atoms with Crippen molar-refractivity contribution in [3.05, 3.63) is 54.4 Å². The van der Waals surface area contributed by atoms with Gasteiger partial charge in [0.25, 0.3) is 5.82 Å². The summed E-state index contributed by atoms with van der Waals surface area (Å²) in [7, 11) is 1.61. The van der Waals surface area contributed by atoms with Crippen molar-refractivity contribution in [1.29, 1.82) is 0 Å². The van der Waals surface area contributed by atoms with Gasteiger partial charge in [-0.25, -0.2) is 9.13 Å². The van der Waals surface area contributed by atoms with E-state index in [0.29, 0.717) is 18.0 Å². The first-order chi connectivity index (χ1) is 12.2. The highest BCUT2D eigenvalue weighted by Crippen LogP contribution is 2.25. The Hall–Kier alpha value is -2.53. The van der Waals surface area contributed by atoms with Gasteiger partial charge in [0, 0.05) is 6.92 Å². The molecule has 0 radical (unpaired) electrons. The number of ether oxygens (including phenoxy) is 2. The fourth-order valence-electron chi connectivity index (χ4n) is 3.23. The summed E-state index contributed by atoms with van der Waals surface area (Å²) in [4.78, 5) is 0. The van der Waals surface area contributed by atoms with Crippen molar-refractivity contribution in [2.24, 2.45) is 0 Å². The number of fused-ring (bicyclic) bond motifs is 1. The van der Waals surface area contributed by atoms with Crippen LogP contribution >= 0.6 is 0 Å². The monoisotopic (exact) mass is 341 g/mol. The predicted octanol–water partition coefficient (Wildman–Crippen LogP) is 2.71. The lowest BCUT2D eigenvalue weighted by Gasteiger charge is -2.13. The average molecular weight is 341 g/mol. The molecule has 1 N–H and O–H groups in total. The van der Waals surface area contributed by atoms with Gasteiger partial charge in [-0.1, -0.05) is 24.3 Å². The van der Waals surface area contributed by atoms with Gasteiger partial charge in [-0.05, 0) is 31.2 Å². The van der Waals surface area contributed by atoms with E-state index < -0.39 is 6.10 Å². The fraction of sp³-hybridized carbons (Fsp3) is 0.350. The Balaban J connectivity index is 1.76. The molecule has 0 aliphatic carbocycles. The van der Waals surface area contributed by atoms with Crippen LogP contribution in [0, 0.1) is 6.92 Å². The third-order valence-corrected chi connectivity index (χ3v) is 4.45. The van der Waals surface area contributed by atoms with E-state index in [2.05, 4.69) is 35.1 Å². The number of aryl methyl sites for hydroxylation is 1. The highest BCUT2D eigenvalue weighted by molar-refractivity contribution is 5.72. The summed E-state index contributed by atoms with van der Waals surface area (Å²) in [5, 5.41) is 10.5. The van der Waals surface area contributed by atoms with E-state index in [9.17, 15) is 5.11 Å². The molecule has 0 amide bonds. The summed E-state index contributed by atoms with van der Waals surface area (Å²) < 4.78 is 15.4. The summed E-state index contributed by atoms with van der Waals surface area (Å²) in [6, 6.07) is 15.7. The van der Waals surface area contributed by atoms with Crippen molar-refractivity contribution in [3.8, 4) is 11.5 Å². The lowest BCUT2D eigenvalue weighted by Crippen LogP contribution is -2.44. The summed E-state index contributed by atoms with van der Waals surface area (Å²) in [6.07, 6.45) is -0.621. The number of aliphatic hydroxyl groups excluding tert-OH is 1. The van der Waals surface area contributed by atoms with Crippen molar-refractivity contribution in [2.45, 2.75) is 33.0 Å². The van der Waals surface area contributed by atoms with Crippen LogP contribution in [0.2, 0.25) is 0 Å². The zero-order valence-corrected chi connectivity index (χ0v) is 15.0. The van der Waals surface area contributed by atoms with Crippen LogP contribution in [0.3, 0.4) is 0 Å². The van der Waals surface area contributed by atoms with E-state index >= 15 is 0 Å². The second kappa shape index (κ2) is 7.57. The third kappa shape index (κ3) is 3.46. The minimum atomic E-state index is -0.621. The summed E-state index contributed by atoms with van der Waals surface area (Å²) in [5.74, 6) is 2.43. The van der Waals surface area contributed by atoms with Crippen molar-refractivity contribution in [3.63, 3.8) is 0 Å². The van der Waals surface area contributed by atoms with Crippen LogP contribution < -0.4 is 14.0 Å². The number of aliphatic hydroxyl groups is 1. The summed E-state index contributed by atoms with van der Waals surface area (Å²) in [5.41, 5.74) is 2.30. The molecule has 0 aliphatic rings. The molecule has 0 saturated heterocycles. The van der Waals surface area contributed by atoms with Crippen LogP contribution in [0.4, 0.5) is 0 Å². The number of hydrogen-bond acceptors (Lipinski definition) is 3.